The number of aliphatic hydroxyl groups excluding tert-OH is 1. The third kappa shape index (κ3) is 1.89. The van der Waals surface area contributed by atoms with Crippen LogP contribution in [-0.4, -0.2) is 34.7 Å². The molecule has 1 saturated heterocycles. The molecule has 76 valence electrons. The molecule has 0 radical (unpaired) electrons. The van der Waals surface area contributed by atoms with Crippen LogP contribution in [0.3, 0.4) is 0 Å². The van der Waals surface area contributed by atoms with E-state index in [1.54, 1.807) is 0 Å². The van der Waals surface area contributed by atoms with Crippen LogP contribution in [0.4, 0.5) is 0 Å². The number of hydrogen-bond acceptors (Lipinski definition) is 2. The molecule has 2 heteroatoms. The summed E-state index contributed by atoms with van der Waals surface area (Å²) >= 11 is 0. The van der Waals surface area contributed by atoms with Gasteiger partial charge in [0.25, 0.3) is 0 Å². The van der Waals surface area contributed by atoms with E-state index in [1.807, 2.05) is 6.92 Å². The predicted octanol–water partition coefficient (Wildman–Crippen LogP) is 1.63. The molecule has 1 saturated carbocycles. The molecule has 0 aromatic heterocycles. The second-order valence-electron chi connectivity index (χ2n) is 4.96. The monoisotopic (exact) mass is 183 g/mol. The molecule has 0 aromatic rings. The zero-order chi connectivity index (χ0) is 9.42. The Balaban J connectivity index is 1.87. The van der Waals surface area contributed by atoms with Gasteiger partial charge in [-0.2, -0.15) is 0 Å². The van der Waals surface area contributed by atoms with Gasteiger partial charge in [0.05, 0.1) is 6.10 Å². The lowest BCUT2D eigenvalue weighted by atomic mass is 10.1. The number of likely N-dealkylation sites (tertiary alicyclic amines) is 1. The summed E-state index contributed by atoms with van der Waals surface area (Å²) in [6.45, 7) is 5.44. The van der Waals surface area contributed by atoms with Crippen molar-refractivity contribution in [3.63, 3.8) is 0 Å². The first-order chi connectivity index (χ1) is 6.16. The fraction of sp³-hybridized carbons (Fsp3) is 1.00. The standard InChI is InChI=1S/C11H21NO/c1-8(5-9(2)13)12-7-10-3-4-11(12)6-10/h8-11,13H,3-7H2,1-2H3. The summed E-state index contributed by atoms with van der Waals surface area (Å²) < 4.78 is 0. The van der Waals surface area contributed by atoms with Crippen molar-refractivity contribution < 1.29 is 5.11 Å². The third-order valence-electron chi connectivity index (χ3n) is 3.70. The highest BCUT2D eigenvalue weighted by Gasteiger charge is 2.39. The maximum absolute atomic E-state index is 9.33. The number of nitrogens with zero attached hydrogens (tertiary/aromatic N) is 1. The van der Waals surface area contributed by atoms with E-state index in [2.05, 4.69) is 11.8 Å². The summed E-state index contributed by atoms with van der Waals surface area (Å²) in [6.07, 6.45) is 5.05. The maximum Gasteiger partial charge on any atom is 0.0526 e. The van der Waals surface area contributed by atoms with Crippen molar-refractivity contribution in [2.24, 2.45) is 5.92 Å². The molecule has 4 unspecified atom stereocenters. The lowest BCUT2D eigenvalue weighted by Crippen LogP contribution is -2.40. The summed E-state index contributed by atoms with van der Waals surface area (Å²) in [5.41, 5.74) is 0. The van der Waals surface area contributed by atoms with Gasteiger partial charge in [-0.25, -0.2) is 0 Å². The van der Waals surface area contributed by atoms with Gasteiger partial charge in [-0.15, -0.1) is 0 Å². The fourth-order valence-electron chi connectivity index (χ4n) is 3.13. The molecule has 1 aliphatic carbocycles. The van der Waals surface area contributed by atoms with Crippen molar-refractivity contribution in [3.8, 4) is 0 Å². The van der Waals surface area contributed by atoms with E-state index >= 15 is 0 Å². The zero-order valence-corrected chi connectivity index (χ0v) is 8.74. The summed E-state index contributed by atoms with van der Waals surface area (Å²) in [5, 5.41) is 9.33. The van der Waals surface area contributed by atoms with E-state index in [-0.39, 0.29) is 6.10 Å². The van der Waals surface area contributed by atoms with Crippen LogP contribution >= 0.6 is 0 Å². The molecule has 2 nitrogen and oxygen atoms in total. The minimum atomic E-state index is -0.144. The molecule has 2 bridgehead atoms. The van der Waals surface area contributed by atoms with Gasteiger partial charge in [-0.3, -0.25) is 4.90 Å². The van der Waals surface area contributed by atoms with Crippen molar-refractivity contribution in [3.05, 3.63) is 0 Å². The van der Waals surface area contributed by atoms with Crippen LogP contribution in [0.15, 0.2) is 0 Å². The largest absolute Gasteiger partial charge is 0.393 e. The SMILES string of the molecule is CC(O)CC(C)N1CC2CCC1C2. The maximum atomic E-state index is 9.33. The third-order valence-corrected chi connectivity index (χ3v) is 3.70. The Morgan fingerprint density at radius 1 is 1.38 bits per heavy atom. The van der Waals surface area contributed by atoms with E-state index in [0.29, 0.717) is 6.04 Å². The van der Waals surface area contributed by atoms with Crippen LogP contribution in [0.25, 0.3) is 0 Å². The average molecular weight is 183 g/mol. The van der Waals surface area contributed by atoms with Crippen LogP contribution in [0.2, 0.25) is 0 Å². The number of hydrogen-bond donors (Lipinski definition) is 1. The first-order valence-electron chi connectivity index (χ1n) is 5.60. The number of piperidine rings is 1. The predicted molar refractivity (Wildman–Crippen MR) is 53.6 cm³/mol. The Morgan fingerprint density at radius 2 is 2.15 bits per heavy atom. The average Bonchev–Trinajstić information content (AvgIpc) is 2.62. The zero-order valence-electron chi connectivity index (χ0n) is 8.74. The Morgan fingerprint density at radius 3 is 2.62 bits per heavy atom. The van der Waals surface area contributed by atoms with E-state index < -0.39 is 0 Å². The Hall–Kier alpha value is -0.0800. The Kier molecular flexibility index (Phi) is 2.61. The summed E-state index contributed by atoms with van der Waals surface area (Å²) in [7, 11) is 0. The van der Waals surface area contributed by atoms with Gasteiger partial charge in [-0.1, -0.05) is 0 Å². The van der Waals surface area contributed by atoms with Gasteiger partial charge in [-0.05, 0) is 45.4 Å². The van der Waals surface area contributed by atoms with Crippen molar-refractivity contribution in [1.29, 1.82) is 0 Å². The highest BCUT2D eigenvalue weighted by molar-refractivity contribution is 4.94. The second kappa shape index (κ2) is 3.58. The number of fused-ring (bicyclic) bond motifs is 2. The summed E-state index contributed by atoms with van der Waals surface area (Å²) in [4.78, 5) is 2.61. The van der Waals surface area contributed by atoms with E-state index in [9.17, 15) is 5.11 Å². The molecule has 1 aliphatic heterocycles. The highest BCUT2D eigenvalue weighted by atomic mass is 16.3. The molecule has 1 N–H and O–H groups in total. The molecule has 0 aromatic carbocycles. The van der Waals surface area contributed by atoms with E-state index in [4.69, 9.17) is 0 Å². The first kappa shape index (κ1) is 9.47. The molecule has 2 fully saturated rings. The molecule has 4 atom stereocenters. The van der Waals surface area contributed by atoms with Crippen molar-refractivity contribution in [2.75, 3.05) is 6.54 Å². The molecular weight excluding hydrogens is 162 g/mol. The molecule has 1 heterocycles. The lowest BCUT2D eigenvalue weighted by Gasteiger charge is -2.33. The van der Waals surface area contributed by atoms with E-state index in [0.717, 1.165) is 18.4 Å². The van der Waals surface area contributed by atoms with Crippen molar-refractivity contribution in [1.82, 2.24) is 4.90 Å². The first-order valence-corrected chi connectivity index (χ1v) is 5.60. The van der Waals surface area contributed by atoms with Gasteiger partial charge in [0, 0.05) is 18.6 Å². The lowest BCUT2D eigenvalue weighted by molar-refractivity contribution is 0.0990. The number of aliphatic hydroxyl groups is 1. The van der Waals surface area contributed by atoms with Gasteiger partial charge < -0.3 is 5.11 Å². The van der Waals surface area contributed by atoms with Gasteiger partial charge in [0.1, 0.15) is 0 Å². The molecule has 2 aliphatic rings. The minimum Gasteiger partial charge on any atom is -0.393 e. The van der Waals surface area contributed by atoms with Crippen LogP contribution in [0, 0.1) is 5.92 Å². The minimum absolute atomic E-state index is 0.144. The topological polar surface area (TPSA) is 23.5 Å². The summed E-state index contributed by atoms with van der Waals surface area (Å²) in [5.74, 6) is 0.974. The van der Waals surface area contributed by atoms with Gasteiger partial charge in [0.2, 0.25) is 0 Å². The highest BCUT2D eigenvalue weighted by Crippen LogP contribution is 2.38. The number of rotatable bonds is 3. The van der Waals surface area contributed by atoms with Crippen LogP contribution in [0.1, 0.15) is 39.5 Å². The van der Waals surface area contributed by atoms with E-state index in [1.165, 1.54) is 25.8 Å². The molecule has 0 amide bonds. The van der Waals surface area contributed by atoms with Gasteiger partial charge in [0.15, 0.2) is 0 Å². The summed E-state index contributed by atoms with van der Waals surface area (Å²) in [6, 6.07) is 1.43. The molecular formula is C11H21NO. The van der Waals surface area contributed by atoms with Gasteiger partial charge >= 0.3 is 0 Å². The van der Waals surface area contributed by atoms with Crippen molar-refractivity contribution >= 4 is 0 Å². The molecule has 2 rings (SSSR count). The molecule has 0 spiro atoms. The smallest absolute Gasteiger partial charge is 0.0526 e. The van der Waals surface area contributed by atoms with Crippen LogP contribution < -0.4 is 0 Å². The fourth-order valence-corrected chi connectivity index (χ4v) is 3.13. The van der Waals surface area contributed by atoms with Crippen molar-refractivity contribution in [2.45, 2.75) is 57.7 Å². The quantitative estimate of drug-likeness (QED) is 0.719. The Labute approximate surface area is 80.9 Å². The van der Waals surface area contributed by atoms with Crippen LogP contribution in [-0.2, 0) is 0 Å². The molecule has 13 heavy (non-hydrogen) atoms. The second-order valence-corrected chi connectivity index (χ2v) is 4.96. The Bertz CT molecular complexity index is 181. The van der Waals surface area contributed by atoms with Crippen LogP contribution in [0.5, 0.6) is 0 Å². The normalized spacial score (nSPS) is 38.1.